The largest absolute Gasteiger partial charge is 0.490 e. The molecule has 0 aliphatic rings. The monoisotopic (exact) mass is 419 g/mol. The second-order valence-corrected chi connectivity index (χ2v) is 7.20. The summed E-state index contributed by atoms with van der Waals surface area (Å²) >= 11 is 0. The molecule has 0 saturated heterocycles. The first-order valence-corrected chi connectivity index (χ1v) is 9.69. The van der Waals surface area contributed by atoms with Crippen molar-refractivity contribution in [2.45, 2.75) is 26.5 Å². The highest BCUT2D eigenvalue weighted by molar-refractivity contribution is 5.86. The van der Waals surface area contributed by atoms with E-state index in [0.717, 1.165) is 33.3 Å². The Morgan fingerprint density at radius 1 is 1.26 bits per heavy atom. The Kier molecular flexibility index (Phi) is 5.48. The molecule has 0 amide bonds. The molecule has 0 atom stereocenters. The summed E-state index contributed by atoms with van der Waals surface area (Å²) in [6.45, 7) is 3.73. The van der Waals surface area contributed by atoms with Gasteiger partial charge in [0.1, 0.15) is 12.3 Å². The lowest BCUT2D eigenvalue weighted by Crippen LogP contribution is -2.09. The molecule has 4 rings (SSSR count). The van der Waals surface area contributed by atoms with Gasteiger partial charge < -0.3 is 14.4 Å². The summed E-state index contributed by atoms with van der Waals surface area (Å²) in [6.07, 6.45) is 3.38. The van der Waals surface area contributed by atoms with Gasteiger partial charge in [0.2, 0.25) is 5.82 Å². The Bertz CT molecular complexity index is 1270. The van der Waals surface area contributed by atoms with Crippen LogP contribution >= 0.6 is 0 Å². The summed E-state index contributed by atoms with van der Waals surface area (Å²) in [5, 5.41) is 18.0. The van der Waals surface area contributed by atoms with E-state index in [1.807, 2.05) is 44.2 Å². The lowest BCUT2D eigenvalue weighted by Gasteiger charge is -2.12. The summed E-state index contributed by atoms with van der Waals surface area (Å²) in [4.78, 5) is 19.6. The molecule has 2 aromatic heterocycles. The number of fused-ring (bicyclic) bond motifs is 1. The number of aliphatic carboxylic acids is 1. The third-order valence-corrected chi connectivity index (χ3v) is 4.50. The highest BCUT2D eigenvalue weighted by Crippen LogP contribution is 2.28. The summed E-state index contributed by atoms with van der Waals surface area (Å²) in [5.74, 6) is 0.580. The standard InChI is InChI=1S/C22H21N5O4/c1-13(2)30-19-7-5-15(9-17(19)10-23-3)22-25-21(26-31-22)14-4-6-18-16(8-14)11-24-27(18)12-20(28)29/h4-11,13H,12H2,1-3H3,(H,28,29). The van der Waals surface area contributed by atoms with Crippen molar-refractivity contribution in [3.63, 3.8) is 0 Å². The van der Waals surface area contributed by atoms with Gasteiger partial charge in [-0.3, -0.25) is 14.5 Å². The maximum absolute atomic E-state index is 11.0. The van der Waals surface area contributed by atoms with E-state index in [-0.39, 0.29) is 12.6 Å². The van der Waals surface area contributed by atoms with Gasteiger partial charge in [0.05, 0.1) is 17.8 Å². The summed E-state index contributed by atoms with van der Waals surface area (Å²) in [7, 11) is 1.70. The number of ether oxygens (including phenoxy) is 1. The molecule has 158 valence electrons. The zero-order valence-electron chi connectivity index (χ0n) is 17.3. The van der Waals surface area contributed by atoms with Gasteiger partial charge in [-0.15, -0.1) is 0 Å². The van der Waals surface area contributed by atoms with Crippen molar-refractivity contribution in [3.05, 3.63) is 48.2 Å². The van der Waals surface area contributed by atoms with Crippen LogP contribution in [0.3, 0.4) is 0 Å². The fourth-order valence-corrected chi connectivity index (χ4v) is 3.22. The van der Waals surface area contributed by atoms with Crippen molar-refractivity contribution in [2.75, 3.05) is 7.05 Å². The predicted octanol–water partition coefficient (Wildman–Crippen LogP) is 3.67. The number of carboxylic acids is 1. The van der Waals surface area contributed by atoms with Gasteiger partial charge >= 0.3 is 5.97 Å². The van der Waals surface area contributed by atoms with Gasteiger partial charge in [-0.1, -0.05) is 5.16 Å². The molecule has 0 spiro atoms. The molecule has 2 aromatic carbocycles. The minimum absolute atomic E-state index is 0.0413. The molecule has 0 fully saturated rings. The van der Waals surface area contributed by atoms with E-state index < -0.39 is 5.97 Å². The Labute approximate surface area is 178 Å². The molecule has 0 aliphatic carbocycles. The molecule has 0 radical (unpaired) electrons. The molecule has 2 heterocycles. The predicted molar refractivity (Wildman–Crippen MR) is 115 cm³/mol. The first-order valence-electron chi connectivity index (χ1n) is 9.69. The molecule has 9 heteroatoms. The second-order valence-electron chi connectivity index (χ2n) is 7.20. The third kappa shape index (κ3) is 4.30. The van der Waals surface area contributed by atoms with Gasteiger partial charge in [-0.25, -0.2) is 0 Å². The van der Waals surface area contributed by atoms with Gasteiger partial charge in [0.25, 0.3) is 5.89 Å². The Balaban J connectivity index is 1.65. The Hall–Kier alpha value is -4.01. The van der Waals surface area contributed by atoms with Gasteiger partial charge in [0, 0.05) is 35.3 Å². The van der Waals surface area contributed by atoms with Crippen molar-refractivity contribution in [1.29, 1.82) is 0 Å². The lowest BCUT2D eigenvalue weighted by molar-refractivity contribution is -0.137. The maximum atomic E-state index is 11.0. The molecule has 9 nitrogen and oxygen atoms in total. The Morgan fingerprint density at radius 2 is 2.06 bits per heavy atom. The Morgan fingerprint density at radius 3 is 2.81 bits per heavy atom. The first-order chi connectivity index (χ1) is 14.9. The van der Waals surface area contributed by atoms with Crippen LogP contribution in [-0.2, 0) is 11.3 Å². The van der Waals surface area contributed by atoms with E-state index in [9.17, 15) is 4.79 Å². The fraction of sp³-hybridized carbons (Fsp3) is 0.227. The van der Waals surface area contributed by atoms with Crippen LogP contribution in [0.1, 0.15) is 19.4 Å². The highest BCUT2D eigenvalue weighted by atomic mass is 16.5. The van der Waals surface area contributed by atoms with Crippen molar-refractivity contribution in [2.24, 2.45) is 4.99 Å². The third-order valence-electron chi connectivity index (χ3n) is 4.50. The average Bonchev–Trinajstić information content (AvgIpc) is 3.36. The lowest BCUT2D eigenvalue weighted by atomic mass is 10.1. The van der Waals surface area contributed by atoms with E-state index in [2.05, 4.69) is 20.2 Å². The van der Waals surface area contributed by atoms with E-state index in [0.29, 0.717) is 11.7 Å². The van der Waals surface area contributed by atoms with Gasteiger partial charge in [0.15, 0.2) is 0 Å². The minimum atomic E-state index is -0.950. The average molecular weight is 419 g/mol. The van der Waals surface area contributed by atoms with Crippen molar-refractivity contribution in [3.8, 4) is 28.6 Å². The zero-order chi connectivity index (χ0) is 22.0. The number of carboxylic acid groups (broad SMARTS) is 1. The molecule has 0 bridgehead atoms. The molecule has 1 N–H and O–H groups in total. The molecular formula is C22H21N5O4. The van der Waals surface area contributed by atoms with E-state index in [1.54, 1.807) is 25.5 Å². The maximum Gasteiger partial charge on any atom is 0.325 e. The summed E-state index contributed by atoms with van der Waals surface area (Å²) < 4.78 is 12.7. The fourth-order valence-electron chi connectivity index (χ4n) is 3.22. The van der Waals surface area contributed by atoms with Crippen LogP contribution in [0.2, 0.25) is 0 Å². The number of aromatic nitrogens is 4. The van der Waals surface area contributed by atoms with Gasteiger partial charge in [-0.05, 0) is 50.2 Å². The topological polar surface area (TPSA) is 116 Å². The zero-order valence-corrected chi connectivity index (χ0v) is 17.3. The molecule has 0 unspecified atom stereocenters. The van der Waals surface area contributed by atoms with Crippen molar-refractivity contribution >= 4 is 23.1 Å². The molecule has 0 aliphatic heterocycles. The van der Waals surface area contributed by atoms with Crippen LogP contribution < -0.4 is 4.74 Å². The van der Waals surface area contributed by atoms with E-state index >= 15 is 0 Å². The van der Waals surface area contributed by atoms with Crippen molar-refractivity contribution in [1.82, 2.24) is 19.9 Å². The number of hydrogen-bond acceptors (Lipinski definition) is 7. The summed E-state index contributed by atoms with van der Waals surface area (Å²) in [5.41, 5.74) is 3.03. The summed E-state index contributed by atoms with van der Waals surface area (Å²) in [6, 6.07) is 11.1. The number of carbonyl (C=O) groups is 1. The number of hydrogen-bond donors (Lipinski definition) is 1. The highest BCUT2D eigenvalue weighted by Gasteiger charge is 2.15. The SMILES string of the molecule is CN=Cc1cc(-c2nc(-c3ccc4c(cnn4CC(=O)O)c3)no2)ccc1OC(C)C. The van der Waals surface area contributed by atoms with Gasteiger partial charge in [-0.2, -0.15) is 10.1 Å². The van der Waals surface area contributed by atoms with Crippen LogP contribution in [0, 0.1) is 0 Å². The van der Waals surface area contributed by atoms with Crippen LogP contribution in [0.4, 0.5) is 0 Å². The van der Waals surface area contributed by atoms with Crippen LogP contribution in [0.25, 0.3) is 33.7 Å². The van der Waals surface area contributed by atoms with Crippen LogP contribution in [0.15, 0.2) is 52.1 Å². The number of benzene rings is 2. The normalized spacial score (nSPS) is 11.6. The molecule has 4 aromatic rings. The molecule has 31 heavy (non-hydrogen) atoms. The smallest absolute Gasteiger partial charge is 0.325 e. The van der Waals surface area contributed by atoms with E-state index in [4.69, 9.17) is 14.4 Å². The second kappa shape index (κ2) is 8.39. The van der Waals surface area contributed by atoms with Crippen LogP contribution in [0.5, 0.6) is 5.75 Å². The number of nitrogens with zero attached hydrogens (tertiary/aromatic N) is 5. The molecular weight excluding hydrogens is 398 g/mol. The quantitative estimate of drug-likeness (QED) is 0.454. The first kappa shape index (κ1) is 20.3. The number of aliphatic imine (C=N–C) groups is 1. The van der Waals surface area contributed by atoms with E-state index in [1.165, 1.54) is 4.68 Å². The minimum Gasteiger partial charge on any atom is -0.490 e. The van der Waals surface area contributed by atoms with Crippen LogP contribution in [-0.4, -0.2) is 50.4 Å². The number of rotatable bonds is 7. The molecule has 0 saturated carbocycles. The van der Waals surface area contributed by atoms with Crippen molar-refractivity contribution < 1.29 is 19.2 Å².